The first-order valence-electron chi connectivity index (χ1n) is 21.4. The number of fused-ring (bicyclic) bond motifs is 3. The lowest BCUT2D eigenvalue weighted by molar-refractivity contribution is -0.150. The van der Waals surface area contributed by atoms with Gasteiger partial charge in [0.1, 0.15) is 20.4 Å². The van der Waals surface area contributed by atoms with Crippen molar-refractivity contribution in [1.82, 2.24) is 9.47 Å². The molecule has 8 rings (SSSR count). The van der Waals surface area contributed by atoms with Crippen LogP contribution in [0, 0.1) is 10.8 Å². The first kappa shape index (κ1) is 44.1. The summed E-state index contributed by atoms with van der Waals surface area (Å²) in [6.07, 6.45) is 7.99. The normalized spacial score (nSPS) is 19.8. The number of amides is 1. The van der Waals surface area contributed by atoms with Crippen LogP contribution in [-0.2, 0) is 20.9 Å². The van der Waals surface area contributed by atoms with Crippen LogP contribution in [0.5, 0.6) is 0 Å². The van der Waals surface area contributed by atoms with E-state index in [1.807, 2.05) is 45.9 Å². The standard InChI is InChI=1S/C51H51N3O6S3/c1-6-51(5,48(59)60)30-50(3,4)31(2)53-46(58)44(63-49(53)61)47-52(29-43(55)56)45(57)42(62-47)28-33-22-25-41-39(27-33)37-18-13-19-40(37)54(41)36-23-20-32(21-24-36)26-38(34-14-9-7-10-15-34)35-16-11-8-12-17-35/h7-12,14-17,20-28,31,37,40H,6,13,18-19,29-30H2,1-5H3,(H,55,56)(H,59,60)/b42-28-,47-44+. The second-order valence-electron chi connectivity index (χ2n) is 17.8. The minimum atomic E-state index is -1.21. The Balaban J connectivity index is 1.12. The Morgan fingerprint density at radius 3 is 2.13 bits per heavy atom. The number of aromatic nitrogens is 1. The fraction of sp³-hybridized carbons (Fsp3) is 0.314. The van der Waals surface area contributed by atoms with Crippen LogP contribution in [-0.4, -0.2) is 53.9 Å². The summed E-state index contributed by atoms with van der Waals surface area (Å²) in [5.41, 5.74) is 6.75. The molecule has 9 nitrogen and oxygen atoms in total. The minimum Gasteiger partial charge on any atom is -0.481 e. The molecular formula is C51H51N3O6S3. The molecule has 1 aromatic heterocycles. The molecule has 1 saturated heterocycles. The molecule has 0 spiro atoms. The summed E-state index contributed by atoms with van der Waals surface area (Å²) >= 11 is 7.88. The van der Waals surface area contributed by atoms with Crippen molar-refractivity contribution in [2.45, 2.75) is 91.3 Å². The van der Waals surface area contributed by atoms with E-state index in [-0.39, 0.29) is 13.9 Å². The highest BCUT2D eigenvalue weighted by Gasteiger charge is 2.47. The number of thioether (sulfide) groups is 1. The lowest BCUT2D eigenvalue weighted by Crippen LogP contribution is -2.48. The van der Waals surface area contributed by atoms with Gasteiger partial charge >= 0.3 is 11.9 Å². The molecule has 1 saturated carbocycles. The van der Waals surface area contributed by atoms with Gasteiger partial charge < -0.3 is 15.1 Å². The van der Waals surface area contributed by atoms with Gasteiger partial charge in [-0.15, -0.1) is 11.3 Å². The summed E-state index contributed by atoms with van der Waals surface area (Å²) in [5, 5.41) is 19.9. The summed E-state index contributed by atoms with van der Waals surface area (Å²) in [6.45, 7) is 8.65. The molecule has 324 valence electrons. The molecular weight excluding hydrogens is 847 g/mol. The van der Waals surface area contributed by atoms with Gasteiger partial charge in [0.05, 0.1) is 9.95 Å². The summed E-state index contributed by atoms with van der Waals surface area (Å²) in [7, 11) is 0. The molecule has 0 bridgehead atoms. The summed E-state index contributed by atoms with van der Waals surface area (Å²) in [5.74, 6) is -2.21. The number of carboxylic acids is 2. The fourth-order valence-corrected chi connectivity index (χ4v) is 12.3. The van der Waals surface area contributed by atoms with E-state index >= 15 is 0 Å². The van der Waals surface area contributed by atoms with Crippen LogP contribution in [0.2, 0.25) is 0 Å². The van der Waals surface area contributed by atoms with E-state index in [0.717, 1.165) is 86.1 Å². The number of carboxylic acid groups (broad SMARTS) is 2. The van der Waals surface area contributed by atoms with Gasteiger partial charge in [0, 0.05) is 29.4 Å². The van der Waals surface area contributed by atoms with Crippen molar-refractivity contribution in [3.8, 4) is 0 Å². The highest BCUT2D eigenvalue weighted by Crippen LogP contribution is 2.52. The van der Waals surface area contributed by atoms with E-state index < -0.39 is 46.8 Å². The van der Waals surface area contributed by atoms with Crippen LogP contribution in [0.3, 0.4) is 0 Å². The monoisotopic (exact) mass is 897 g/mol. The first-order valence-corrected chi connectivity index (χ1v) is 23.5. The Hall–Kier alpha value is -5.56. The van der Waals surface area contributed by atoms with Gasteiger partial charge in [0.25, 0.3) is 11.5 Å². The zero-order valence-electron chi connectivity index (χ0n) is 36.0. The van der Waals surface area contributed by atoms with Gasteiger partial charge in [-0.25, -0.2) is 0 Å². The number of benzene rings is 4. The Kier molecular flexibility index (Phi) is 12.3. The number of anilines is 2. The number of thiocarbonyl (C=S) groups is 1. The molecule has 1 aliphatic carbocycles. The third kappa shape index (κ3) is 8.48. The smallest absolute Gasteiger partial charge is 0.323 e. The fourth-order valence-electron chi connectivity index (χ4n) is 9.58. The number of aliphatic carboxylic acids is 2. The second kappa shape index (κ2) is 17.5. The Labute approximate surface area is 381 Å². The lowest BCUT2D eigenvalue weighted by Gasteiger charge is -2.41. The molecule has 1 amide bonds. The topological polar surface area (TPSA) is 120 Å². The van der Waals surface area contributed by atoms with Crippen molar-refractivity contribution in [1.29, 1.82) is 0 Å². The van der Waals surface area contributed by atoms with E-state index in [1.54, 1.807) is 13.0 Å². The van der Waals surface area contributed by atoms with Gasteiger partial charge in [0.15, 0.2) is 0 Å². The summed E-state index contributed by atoms with van der Waals surface area (Å²) in [4.78, 5) is 56.8. The number of carbonyl (C=O) groups is 3. The van der Waals surface area contributed by atoms with Crippen LogP contribution in [0.1, 0.15) is 100 Å². The molecule has 63 heavy (non-hydrogen) atoms. The number of carbonyl (C=O) groups excluding carboxylic acids is 1. The molecule has 4 atom stereocenters. The quantitative estimate of drug-likeness (QED) is 0.0880. The van der Waals surface area contributed by atoms with E-state index in [1.165, 1.54) is 10.5 Å². The van der Waals surface area contributed by atoms with Crippen molar-refractivity contribution >= 4 is 91.5 Å². The predicted octanol–water partition coefficient (Wildman–Crippen LogP) is 9.47. The summed E-state index contributed by atoms with van der Waals surface area (Å²) < 4.78 is 1.99. The number of nitrogens with zero attached hydrogens (tertiary/aromatic N) is 3. The van der Waals surface area contributed by atoms with Crippen molar-refractivity contribution in [2.24, 2.45) is 10.8 Å². The number of hydrogen-bond acceptors (Lipinski definition) is 8. The molecule has 3 heterocycles. The zero-order valence-corrected chi connectivity index (χ0v) is 38.5. The van der Waals surface area contributed by atoms with Gasteiger partial charge in [-0.2, -0.15) is 0 Å². The first-order chi connectivity index (χ1) is 30.1. The largest absolute Gasteiger partial charge is 0.481 e. The number of rotatable bonds is 13. The van der Waals surface area contributed by atoms with E-state index in [2.05, 4.69) is 95.9 Å². The molecule has 12 heteroatoms. The molecule has 4 aromatic carbocycles. The van der Waals surface area contributed by atoms with Gasteiger partial charge in [-0.3, -0.25) is 28.6 Å². The van der Waals surface area contributed by atoms with Gasteiger partial charge in [-0.1, -0.05) is 130 Å². The van der Waals surface area contributed by atoms with Crippen molar-refractivity contribution in [3.63, 3.8) is 0 Å². The highest BCUT2D eigenvalue weighted by molar-refractivity contribution is 8.30. The van der Waals surface area contributed by atoms with Gasteiger partial charge in [-0.05, 0) is 115 Å². The maximum atomic E-state index is 14.2. The molecule has 4 unspecified atom stereocenters. The highest BCUT2D eigenvalue weighted by atomic mass is 32.2. The lowest BCUT2D eigenvalue weighted by atomic mass is 9.69. The van der Waals surface area contributed by atoms with Crippen LogP contribution in [0.15, 0.2) is 108 Å². The second-order valence-corrected chi connectivity index (χ2v) is 20.5. The van der Waals surface area contributed by atoms with E-state index in [9.17, 15) is 29.4 Å². The van der Waals surface area contributed by atoms with E-state index in [4.69, 9.17) is 12.2 Å². The SMILES string of the molecule is CCC(C)(CC(C)(C)C(C)N1C(=O)/C(=c2\s/c(=C\c3ccc4c(c3)C3CCCC3N4c3ccc(C=C(c4ccccc4)c4ccccc4)cc3)c(=O)n2CC(=O)O)SC1=S)C(=O)O. The average molecular weight is 898 g/mol. The number of thiazole rings is 1. The maximum Gasteiger partial charge on any atom is 0.323 e. The van der Waals surface area contributed by atoms with Crippen molar-refractivity contribution < 1.29 is 24.6 Å². The third-order valence-electron chi connectivity index (χ3n) is 13.3. The molecule has 2 fully saturated rings. The minimum absolute atomic E-state index is 0.193. The zero-order chi connectivity index (χ0) is 44.8. The Morgan fingerprint density at radius 1 is 0.889 bits per heavy atom. The predicted molar refractivity (Wildman–Crippen MR) is 259 cm³/mol. The summed E-state index contributed by atoms with van der Waals surface area (Å²) in [6, 6.07) is 35.8. The third-order valence-corrected chi connectivity index (χ3v) is 16.0. The molecule has 0 radical (unpaired) electrons. The molecule has 2 aliphatic heterocycles. The van der Waals surface area contributed by atoms with E-state index in [0.29, 0.717) is 29.3 Å². The molecule has 2 N–H and O–H groups in total. The number of hydrogen-bond donors (Lipinski definition) is 2. The Morgan fingerprint density at radius 2 is 1.52 bits per heavy atom. The van der Waals surface area contributed by atoms with Crippen molar-refractivity contribution in [2.75, 3.05) is 4.90 Å². The van der Waals surface area contributed by atoms with Crippen LogP contribution in [0.4, 0.5) is 11.4 Å². The van der Waals surface area contributed by atoms with Gasteiger partial charge in [0.2, 0.25) is 0 Å². The van der Waals surface area contributed by atoms with Crippen LogP contribution in [0.25, 0.3) is 22.6 Å². The average Bonchev–Trinajstić information content (AvgIpc) is 4.02. The van der Waals surface area contributed by atoms with Crippen molar-refractivity contribution in [3.05, 3.63) is 150 Å². The molecule has 5 aromatic rings. The van der Waals surface area contributed by atoms with Crippen LogP contribution >= 0.6 is 35.3 Å². The maximum absolute atomic E-state index is 14.2. The molecule has 3 aliphatic rings. The Bertz CT molecular complexity index is 2790. The van der Waals surface area contributed by atoms with Crippen LogP contribution < -0.4 is 19.7 Å².